The van der Waals surface area contributed by atoms with E-state index in [1.165, 1.54) is 23.5 Å². The van der Waals surface area contributed by atoms with Crippen molar-refractivity contribution in [2.75, 3.05) is 25.0 Å². The lowest BCUT2D eigenvalue weighted by Gasteiger charge is -2.05. The molecule has 0 aliphatic carbocycles. The molecule has 9 heteroatoms. The Kier molecular flexibility index (Phi) is 9.01. The van der Waals surface area contributed by atoms with Gasteiger partial charge in [0.05, 0.1) is 20.5 Å². The highest BCUT2D eigenvalue weighted by molar-refractivity contribution is 7.18. The molecule has 26 heavy (non-hydrogen) atoms. The molecule has 0 bridgehead atoms. The Labute approximate surface area is 166 Å². The third-order valence-corrected chi connectivity index (χ3v) is 4.84. The molecular weight excluding hydrogens is 400 g/mol. The van der Waals surface area contributed by atoms with Gasteiger partial charge in [0.1, 0.15) is 5.82 Å². The normalized spacial score (nSPS) is 10.2. The molecule has 1 heterocycles. The number of carbonyl (C=O) groups is 2. The molecule has 0 saturated heterocycles. The smallest absolute Gasteiger partial charge is 0.261 e. The molecule has 1 aromatic carbocycles. The third-order valence-electron chi connectivity index (χ3n) is 3.37. The van der Waals surface area contributed by atoms with Gasteiger partial charge in [0.25, 0.3) is 11.8 Å². The van der Waals surface area contributed by atoms with Crippen molar-refractivity contribution in [3.8, 4) is 0 Å². The van der Waals surface area contributed by atoms with Gasteiger partial charge in [-0.2, -0.15) is 0 Å². The van der Waals surface area contributed by atoms with E-state index in [1.807, 2.05) is 6.92 Å². The highest BCUT2D eigenvalue weighted by atomic mass is 35.5. The van der Waals surface area contributed by atoms with Crippen LogP contribution in [0.2, 0.25) is 5.02 Å². The van der Waals surface area contributed by atoms with E-state index in [9.17, 15) is 14.0 Å². The number of rotatable bonds is 7. The minimum atomic E-state index is -0.509. The fourth-order valence-electron chi connectivity index (χ4n) is 2.14. The molecule has 0 radical (unpaired) electrons. The van der Waals surface area contributed by atoms with Gasteiger partial charge in [0.2, 0.25) is 0 Å². The largest absolute Gasteiger partial charge is 0.350 e. The number of halogens is 3. The van der Waals surface area contributed by atoms with Crippen molar-refractivity contribution in [2.24, 2.45) is 0 Å². The summed E-state index contributed by atoms with van der Waals surface area (Å²) in [6, 6.07) is 5.30. The number of anilines is 1. The van der Waals surface area contributed by atoms with Gasteiger partial charge in [-0.15, -0.1) is 23.7 Å². The average Bonchev–Trinajstić information content (AvgIpc) is 2.91. The fraction of sp³-hybridized carbons (Fsp3) is 0.294. The van der Waals surface area contributed by atoms with Crippen LogP contribution in [-0.2, 0) is 0 Å². The van der Waals surface area contributed by atoms with Crippen LogP contribution in [0.15, 0.2) is 24.3 Å². The topological polar surface area (TPSA) is 70.2 Å². The fourth-order valence-corrected chi connectivity index (χ4v) is 3.38. The molecule has 0 aliphatic rings. The average molecular weight is 420 g/mol. The summed E-state index contributed by atoms with van der Waals surface area (Å²) >= 11 is 7.07. The number of aryl methyl sites for hydroxylation is 1. The predicted molar refractivity (Wildman–Crippen MR) is 107 cm³/mol. The van der Waals surface area contributed by atoms with Gasteiger partial charge in [-0.3, -0.25) is 9.59 Å². The summed E-state index contributed by atoms with van der Waals surface area (Å²) in [5.41, 5.74) is 0.942. The number of carbonyl (C=O) groups excluding carboxylic acids is 2. The molecule has 1 aromatic heterocycles. The number of hydrogen-bond acceptors (Lipinski definition) is 4. The van der Waals surface area contributed by atoms with Crippen molar-refractivity contribution in [1.29, 1.82) is 0 Å². The first-order valence-electron chi connectivity index (χ1n) is 7.78. The van der Waals surface area contributed by atoms with Crippen LogP contribution in [-0.4, -0.2) is 31.4 Å². The first kappa shape index (κ1) is 22.4. The summed E-state index contributed by atoms with van der Waals surface area (Å²) in [4.78, 5) is 25.0. The van der Waals surface area contributed by atoms with E-state index >= 15 is 0 Å². The van der Waals surface area contributed by atoms with E-state index in [0.717, 1.165) is 18.2 Å². The first-order valence-corrected chi connectivity index (χ1v) is 8.97. The van der Waals surface area contributed by atoms with Gasteiger partial charge in [0.15, 0.2) is 0 Å². The van der Waals surface area contributed by atoms with Gasteiger partial charge in [0, 0.05) is 13.1 Å². The lowest BCUT2D eigenvalue weighted by molar-refractivity contribution is 0.0956. The summed E-state index contributed by atoms with van der Waals surface area (Å²) in [5, 5.41) is 9.20. The number of benzene rings is 1. The molecule has 5 nitrogen and oxygen atoms in total. The van der Waals surface area contributed by atoms with E-state index in [-0.39, 0.29) is 28.9 Å². The molecule has 2 amide bonds. The molecule has 2 rings (SSSR count). The molecule has 0 spiro atoms. The molecule has 3 N–H and O–H groups in total. The highest BCUT2D eigenvalue weighted by Gasteiger charge is 2.16. The zero-order chi connectivity index (χ0) is 18.4. The minimum absolute atomic E-state index is 0. The van der Waals surface area contributed by atoms with E-state index in [0.29, 0.717) is 23.0 Å². The first-order chi connectivity index (χ1) is 11.9. The Morgan fingerprint density at radius 3 is 2.58 bits per heavy atom. The van der Waals surface area contributed by atoms with E-state index in [2.05, 4.69) is 16.0 Å². The standard InChI is InChI=1S/C17H19ClFN3O2S.ClH/c1-3-20-6-7-21-17(24)15-10(2)8-14(25-15)22-16(23)12-5-4-11(19)9-13(12)18;/h4-5,8-9,20H,3,6-7H2,1-2H3,(H,21,24)(H,22,23);1H. The zero-order valence-electron chi connectivity index (χ0n) is 14.3. The van der Waals surface area contributed by atoms with Gasteiger partial charge < -0.3 is 16.0 Å². The maximum atomic E-state index is 13.1. The van der Waals surface area contributed by atoms with Crippen LogP contribution in [0.5, 0.6) is 0 Å². The van der Waals surface area contributed by atoms with Crippen molar-refractivity contribution in [3.63, 3.8) is 0 Å². The Morgan fingerprint density at radius 2 is 1.92 bits per heavy atom. The van der Waals surface area contributed by atoms with Crippen LogP contribution in [0.3, 0.4) is 0 Å². The maximum Gasteiger partial charge on any atom is 0.261 e. The van der Waals surface area contributed by atoms with Gasteiger partial charge in [-0.25, -0.2) is 4.39 Å². The summed E-state index contributed by atoms with van der Waals surface area (Å²) in [6.07, 6.45) is 0. The van der Waals surface area contributed by atoms with Crippen LogP contribution >= 0.6 is 35.3 Å². The molecular formula is C17H20Cl2FN3O2S. The molecule has 0 aliphatic heterocycles. The van der Waals surface area contributed by atoms with Crippen LogP contribution in [0.4, 0.5) is 9.39 Å². The monoisotopic (exact) mass is 419 g/mol. The summed E-state index contributed by atoms with van der Waals surface area (Å²) in [5.74, 6) is -1.14. The Morgan fingerprint density at radius 1 is 1.19 bits per heavy atom. The molecule has 0 fully saturated rings. The van der Waals surface area contributed by atoms with Crippen molar-refractivity contribution in [2.45, 2.75) is 13.8 Å². The number of hydrogen-bond donors (Lipinski definition) is 3. The molecule has 0 saturated carbocycles. The number of amides is 2. The van der Waals surface area contributed by atoms with Gasteiger partial charge in [-0.05, 0) is 43.3 Å². The van der Waals surface area contributed by atoms with Crippen molar-refractivity contribution in [3.05, 3.63) is 51.1 Å². The Balaban J connectivity index is 0.00000338. The van der Waals surface area contributed by atoms with E-state index in [1.54, 1.807) is 13.0 Å². The quantitative estimate of drug-likeness (QED) is 0.596. The SMILES string of the molecule is CCNCCNC(=O)c1sc(NC(=O)c2ccc(F)cc2Cl)cc1C.Cl. The second-order valence-electron chi connectivity index (χ2n) is 5.31. The lowest BCUT2D eigenvalue weighted by atomic mass is 10.2. The van der Waals surface area contributed by atoms with Crippen molar-refractivity contribution in [1.82, 2.24) is 10.6 Å². The highest BCUT2D eigenvalue weighted by Crippen LogP contribution is 2.28. The number of nitrogens with one attached hydrogen (secondary N) is 3. The number of thiophene rings is 1. The lowest BCUT2D eigenvalue weighted by Crippen LogP contribution is -2.31. The predicted octanol–water partition coefficient (Wildman–Crippen LogP) is 3.86. The Hall–Kier alpha value is -1.67. The molecule has 2 aromatic rings. The second kappa shape index (κ2) is 10.5. The van der Waals surface area contributed by atoms with Crippen LogP contribution in [0, 0.1) is 12.7 Å². The Bertz CT molecular complexity index is 783. The van der Waals surface area contributed by atoms with Crippen molar-refractivity contribution >= 4 is 52.2 Å². The maximum absolute atomic E-state index is 13.1. The van der Waals surface area contributed by atoms with Crippen LogP contribution in [0.1, 0.15) is 32.5 Å². The van der Waals surface area contributed by atoms with E-state index in [4.69, 9.17) is 11.6 Å². The zero-order valence-corrected chi connectivity index (χ0v) is 16.7. The van der Waals surface area contributed by atoms with Gasteiger partial charge >= 0.3 is 0 Å². The second-order valence-corrected chi connectivity index (χ2v) is 6.77. The van der Waals surface area contributed by atoms with Crippen LogP contribution < -0.4 is 16.0 Å². The molecule has 142 valence electrons. The summed E-state index contributed by atoms with van der Waals surface area (Å²) < 4.78 is 13.1. The minimum Gasteiger partial charge on any atom is -0.350 e. The summed E-state index contributed by atoms with van der Waals surface area (Å²) in [7, 11) is 0. The van der Waals surface area contributed by atoms with Crippen LogP contribution in [0.25, 0.3) is 0 Å². The van der Waals surface area contributed by atoms with Gasteiger partial charge in [-0.1, -0.05) is 18.5 Å². The molecule has 0 unspecified atom stereocenters. The van der Waals surface area contributed by atoms with E-state index < -0.39 is 11.7 Å². The molecule has 0 atom stereocenters. The summed E-state index contributed by atoms with van der Waals surface area (Å²) in [6.45, 7) is 5.86. The number of likely N-dealkylation sites (N-methyl/N-ethyl adjacent to an activating group) is 1. The van der Waals surface area contributed by atoms with Crippen molar-refractivity contribution < 1.29 is 14.0 Å². The third kappa shape index (κ3) is 5.95.